The molecular weight excluding hydrogens is 245 g/mol. The van der Waals surface area contributed by atoms with Gasteiger partial charge in [0.05, 0.1) is 0 Å². The molecule has 3 rings (SSSR count). The summed E-state index contributed by atoms with van der Waals surface area (Å²) in [6, 6.07) is 16.9. The second kappa shape index (κ2) is 4.86. The van der Waals surface area contributed by atoms with Gasteiger partial charge in [-0.3, -0.25) is 0 Å². The molecule has 3 heteroatoms. The second-order valence-corrected chi connectivity index (χ2v) is 5.06. The minimum absolute atomic E-state index is 0.203. The van der Waals surface area contributed by atoms with Gasteiger partial charge in [-0.25, -0.2) is 4.39 Å². The van der Waals surface area contributed by atoms with Crippen molar-refractivity contribution < 1.29 is 4.39 Å². The zero-order chi connectivity index (χ0) is 12.4. The molecule has 0 bridgehead atoms. The van der Waals surface area contributed by atoms with E-state index in [4.69, 9.17) is 0 Å². The Morgan fingerprint density at radius 3 is 2.39 bits per heavy atom. The quantitative estimate of drug-likeness (QED) is 0.776. The van der Waals surface area contributed by atoms with Crippen molar-refractivity contribution in [3.05, 3.63) is 77.6 Å². The molecular formula is C15H12FNS. The molecule has 2 aromatic rings. The fraction of sp³-hybridized carbons (Fsp3) is 0.0667. The monoisotopic (exact) mass is 257 g/mol. The molecule has 0 aromatic heterocycles. The molecule has 0 fully saturated rings. The summed E-state index contributed by atoms with van der Waals surface area (Å²) in [6.07, 6.45) is 2.04. The molecule has 0 radical (unpaired) electrons. The zero-order valence-electron chi connectivity index (χ0n) is 9.66. The maximum atomic E-state index is 13.0. The molecule has 1 aliphatic heterocycles. The minimum atomic E-state index is -0.203. The Labute approximate surface area is 110 Å². The number of nitrogens with zero attached hydrogens (tertiary/aromatic N) is 1. The van der Waals surface area contributed by atoms with Crippen molar-refractivity contribution in [3.8, 4) is 0 Å². The van der Waals surface area contributed by atoms with Crippen LogP contribution in [-0.2, 0) is 0 Å². The number of hydrogen-bond donors (Lipinski definition) is 0. The number of hydrogen-bond acceptors (Lipinski definition) is 2. The van der Waals surface area contributed by atoms with Gasteiger partial charge in [-0.05, 0) is 35.2 Å². The number of anilines is 1. The van der Waals surface area contributed by atoms with Crippen molar-refractivity contribution in [3.63, 3.8) is 0 Å². The smallest absolute Gasteiger partial charge is 0.123 e. The fourth-order valence-corrected chi connectivity index (χ4v) is 3.00. The van der Waals surface area contributed by atoms with E-state index in [1.807, 2.05) is 36.5 Å². The first-order chi connectivity index (χ1) is 8.84. The van der Waals surface area contributed by atoms with Crippen LogP contribution >= 0.6 is 11.8 Å². The maximum Gasteiger partial charge on any atom is 0.123 e. The number of thioether (sulfide) groups is 1. The lowest BCUT2D eigenvalue weighted by atomic mass is 10.2. The lowest BCUT2D eigenvalue weighted by Crippen LogP contribution is -2.16. The van der Waals surface area contributed by atoms with E-state index in [0.29, 0.717) is 0 Å². The molecule has 2 aromatic carbocycles. The molecule has 1 unspecified atom stereocenters. The van der Waals surface area contributed by atoms with Gasteiger partial charge in [0, 0.05) is 11.9 Å². The lowest BCUT2D eigenvalue weighted by molar-refractivity contribution is 0.627. The van der Waals surface area contributed by atoms with E-state index in [9.17, 15) is 4.39 Å². The van der Waals surface area contributed by atoms with Crippen molar-refractivity contribution in [1.82, 2.24) is 0 Å². The highest BCUT2D eigenvalue weighted by atomic mass is 32.2. The van der Waals surface area contributed by atoms with Crippen LogP contribution in [0, 0.1) is 5.82 Å². The molecule has 0 aliphatic carbocycles. The maximum absolute atomic E-state index is 13.0. The van der Waals surface area contributed by atoms with E-state index in [-0.39, 0.29) is 11.2 Å². The summed E-state index contributed by atoms with van der Waals surface area (Å²) in [6.45, 7) is 0. The molecule has 90 valence electrons. The minimum Gasteiger partial charge on any atom is -0.331 e. The van der Waals surface area contributed by atoms with Crippen LogP contribution in [-0.4, -0.2) is 0 Å². The molecule has 1 nitrogen and oxygen atoms in total. The summed E-state index contributed by atoms with van der Waals surface area (Å²) in [5, 5.41) is 2.30. The van der Waals surface area contributed by atoms with Crippen LogP contribution < -0.4 is 4.90 Å². The average Bonchev–Trinajstić information content (AvgIpc) is 2.90. The lowest BCUT2D eigenvalue weighted by Gasteiger charge is -2.25. The zero-order valence-corrected chi connectivity index (χ0v) is 10.5. The Kier molecular flexibility index (Phi) is 3.07. The topological polar surface area (TPSA) is 3.24 Å². The van der Waals surface area contributed by atoms with Crippen LogP contribution in [0.25, 0.3) is 0 Å². The Hall–Kier alpha value is -1.74. The first-order valence-electron chi connectivity index (χ1n) is 5.75. The third-order valence-corrected chi connectivity index (χ3v) is 3.93. The summed E-state index contributed by atoms with van der Waals surface area (Å²) in [5.74, 6) is -0.203. The first-order valence-corrected chi connectivity index (χ1v) is 6.70. The molecule has 0 N–H and O–H groups in total. The van der Waals surface area contributed by atoms with Crippen LogP contribution in [0.15, 0.2) is 66.2 Å². The van der Waals surface area contributed by atoms with Crippen molar-refractivity contribution >= 4 is 17.4 Å². The first kappa shape index (κ1) is 11.4. The highest BCUT2D eigenvalue weighted by Gasteiger charge is 2.22. The molecule has 0 amide bonds. The standard InChI is InChI=1S/C15H12FNS/c16-13-6-8-14(9-7-13)17-10-11-18-15(17)12-4-2-1-3-5-12/h1-11,15H. The molecule has 0 spiro atoms. The summed E-state index contributed by atoms with van der Waals surface area (Å²) in [4.78, 5) is 2.15. The van der Waals surface area contributed by atoms with Gasteiger partial charge in [0.15, 0.2) is 0 Å². The van der Waals surface area contributed by atoms with E-state index in [0.717, 1.165) is 5.69 Å². The SMILES string of the molecule is Fc1ccc(N2C=CSC2c2ccccc2)cc1. The third kappa shape index (κ3) is 2.14. The van der Waals surface area contributed by atoms with Gasteiger partial charge in [0.25, 0.3) is 0 Å². The summed E-state index contributed by atoms with van der Waals surface area (Å²) in [7, 11) is 0. The van der Waals surface area contributed by atoms with E-state index >= 15 is 0 Å². The van der Waals surface area contributed by atoms with Crippen LogP contribution in [0.2, 0.25) is 0 Å². The van der Waals surface area contributed by atoms with Crippen molar-refractivity contribution in [1.29, 1.82) is 0 Å². The van der Waals surface area contributed by atoms with Gasteiger partial charge in [-0.1, -0.05) is 30.3 Å². The Morgan fingerprint density at radius 1 is 0.944 bits per heavy atom. The van der Waals surface area contributed by atoms with Gasteiger partial charge in [-0.2, -0.15) is 0 Å². The predicted molar refractivity (Wildman–Crippen MR) is 74.8 cm³/mol. The van der Waals surface area contributed by atoms with Gasteiger partial charge < -0.3 is 4.90 Å². The highest BCUT2D eigenvalue weighted by molar-refractivity contribution is 8.02. The predicted octanol–water partition coefficient (Wildman–Crippen LogP) is 4.55. The van der Waals surface area contributed by atoms with Gasteiger partial charge in [0.1, 0.15) is 11.2 Å². The molecule has 0 saturated carbocycles. The van der Waals surface area contributed by atoms with Gasteiger partial charge >= 0.3 is 0 Å². The third-order valence-electron chi connectivity index (χ3n) is 2.89. The van der Waals surface area contributed by atoms with Crippen molar-refractivity contribution in [2.75, 3.05) is 4.90 Å². The highest BCUT2D eigenvalue weighted by Crippen LogP contribution is 2.41. The summed E-state index contributed by atoms with van der Waals surface area (Å²) >= 11 is 1.75. The second-order valence-electron chi connectivity index (χ2n) is 4.07. The van der Waals surface area contributed by atoms with E-state index < -0.39 is 0 Å². The Morgan fingerprint density at radius 2 is 1.67 bits per heavy atom. The summed E-state index contributed by atoms with van der Waals surface area (Å²) in [5.41, 5.74) is 2.25. The van der Waals surface area contributed by atoms with E-state index in [1.165, 1.54) is 17.7 Å². The van der Waals surface area contributed by atoms with E-state index in [2.05, 4.69) is 22.4 Å². The van der Waals surface area contributed by atoms with E-state index in [1.54, 1.807) is 11.8 Å². The number of benzene rings is 2. The number of halogens is 1. The average molecular weight is 257 g/mol. The van der Waals surface area contributed by atoms with Crippen LogP contribution in [0.4, 0.5) is 10.1 Å². The van der Waals surface area contributed by atoms with Crippen LogP contribution in [0.1, 0.15) is 10.9 Å². The molecule has 18 heavy (non-hydrogen) atoms. The summed E-state index contributed by atoms with van der Waals surface area (Å²) < 4.78 is 13.0. The largest absolute Gasteiger partial charge is 0.331 e. The number of rotatable bonds is 2. The molecule has 1 aliphatic rings. The van der Waals surface area contributed by atoms with Crippen molar-refractivity contribution in [2.45, 2.75) is 5.37 Å². The van der Waals surface area contributed by atoms with Crippen LogP contribution in [0.3, 0.4) is 0 Å². The Balaban J connectivity index is 1.91. The fourth-order valence-electron chi connectivity index (χ4n) is 2.01. The molecule has 1 heterocycles. The molecule has 1 atom stereocenters. The van der Waals surface area contributed by atoms with Gasteiger partial charge in [0.2, 0.25) is 0 Å². The van der Waals surface area contributed by atoms with Crippen LogP contribution in [0.5, 0.6) is 0 Å². The Bertz CT molecular complexity index is 550. The normalized spacial score (nSPS) is 18.3. The molecule has 0 saturated heterocycles. The van der Waals surface area contributed by atoms with Crippen molar-refractivity contribution in [2.24, 2.45) is 0 Å². The van der Waals surface area contributed by atoms with Gasteiger partial charge in [-0.15, -0.1) is 11.8 Å².